The van der Waals surface area contributed by atoms with Gasteiger partial charge in [0, 0.05) is 23.9 Å². The Morgan fingerprint density at radius 1 is 1.14 bits per heavy atom. The molecule has 0 unspecified atom stereocenters. The monoisotopic (exact) mass is 93.0 g/mol. The van der Waals surface area contributed by atoms with Gasteiger partial charge in [0.25, 0.3) is 0 Å². The van der Waals surface area contributed by atoms with E-state index in [1.54, 1.807) is 12.2 Å². The molecule has 7 heavy (non-hydrogen) atoms. The third kappa shape index (κ3) is 1.05. The van der Waals surface area contributed by atoms with Crippen LogP contribution in [-0.2, 0) is 0 Å². The summed E-state index contributed by atoms with van der Waals surface area (Å²) in [6.07, 6.45) is 3.23. The van der Waals surface area contributed by atoms with E-state index in [9.17, 15) is 0 Å². The molecule has 1 aliphatic rings. The maximum absolute atomic E-state index is 3.45. The van der Waals surface area contributed by atoms with E-state index < -0.39 is 0 Å². The third-order valence-corrected chi connectivity index (χ3v) is 0.462. The van der Waals surface area contributed by atoms with Crippen LogP contribution in [0, 0.1) is 0 Å². The fourth-order valence-electron chi connectivity index (χ4n) is 0.232. The molecule has 0 fully saturated rings. The molecule has 3 heteroatoms. The highest BCUT2D eigenvalue weighted by Crippen LogP contribution is 1.63. The lowest BCUT2D eigenvalue weighted by atomic mass is 10.6. The first-order chi connectivity index (χ1) is 3.50. The molecule has 0 aromatic heterocycles. The van der Waals surface area contributed by atoms with Gasteiger partial charge in [-0.25, -0.2) is 0 Å². The fourth-order valence-corrected chi connectivity index (χ4v) is 0.232. The minimum atomic E-state index is 1.61. The lowest BCUT2D eigenvalue weighted by Crippen LogP contribution is -1.88. The first-order valence-electron chi connectivity index (χ1n) is 1.81. The van der Waals surface area contributed by atoms with Gasteiger partial charge in [-0.2, -0.15) is 5.53 Å². The second kappa shape index (κ2) is 1.98. The van der Waals surface area contributed by atoms with Crippen molar-refractivity contribution in [1.82, 2.24) is 5.53 Å². The van der Waals surface area contributed by atoms with Crippen molar-refractivity contribution in [3.63, 3.8) is 0 Å². The van der Waals surface area contributed by atoms with Crippen LogP contribution in [0.3, 0.4) is 0 Å². The molecule has 0 radical (unpaired) electrons. The summed E-state index contributed by atoms with van der Waals surface area (Å²) in [4.78, 5) is 0. The number of hydrazone groups is 2. The molecule has 0 aliphatic carbocycles. The van der Waals surface area contributed by atoms with Crippen LogP contribution in [0.4, 0.5) is 0 Å². The Labute approximate surface area is 40.7 Å². The van der Waals surface area contributed by atoms with Crippen molar-refractivity contribution >= 4 is 11.7 Å². The first kappa shape index (κ1) is 3.88. The van der Waals surface area contributed by atoms with Crippen LogP contribution in [0.1, 0.15) is 0 Å². The van der Waals surface area contributed by atoms with E-state index in [-0.39, 0.29) is 0 Å². The van der Waals surface area contributed by atoms with Gasteiger partial charge in [-0.1, -0.05) is 0 Å². The van der Waals surface area contributed by atoms with Gasteiger partial charge >= 0.3 is 0 Å². The maximum Gasteiger partial charge on any atom is 0.0109 e. The molecule has 1 heterocycles. The number of hydrogen-bond acceptors (Lipinski definition) is 3. The lowest BCUT2D eigenvalue weighted by Gasteiger charge is -1.73. The van der Waals surface area contributed by atoms with E-state index in [4.69, 9.17) is 0 Å². The maximum atomic E-state index is 3.45. The number of nitrogens with zero attached hydrogens (tertiary/aromatic N) is 2. The van der Waals surface area contributed by atoms with Crippen LogP contribution >= 0.6 is 0 Å². The topological polar surface area (TPSA) is 36.8 Å². The van der Waals surface area contributed by atoms with Gasteiger partial charge < -0.3 is 0 Å². The van der Waals surface area contributed by atoms with Gasteiger partial charge in [0.05, 0.1) is 0 Å². The van der Waals surface area contributed by atoms with Crippen LogP contribution in [-0.4, -0.2) is 11.7 Å². The summed E-state index contributed by atoms with van der Waals surface area (Å²) in [6.45, 7) is 0. The van der Waals surface area contributed by atoms with Gasteiger partial charge in [0.15, 0.2) is 0 Å². The summed E-state index contributed by atoms with van der Waals surface area (Å²) in [5.41, 5.74) is 2.31. The van der Waals surface area contributed by atoms with Crippen molar-refractivity contribution < 1.29 is 0 Å². The molecule has 1 aliphatic heterocycles. The molecule has 0 aromatic carbocycles. The summed E-state index contributed by atoms with van der Waals surface area (Å²) in [7, 11) is 0. The molecule has 34 valence electrons. The van der Waals surface area contributed by atoms with Gasteiger partial charge in [0.2, 0.25) is 0 Å². The highest BCUT2D eigenvalue weighted by atomic mass is 15.5. The molecule has 3 nitrogen and oxygen atoms in total. The number of allylic oxidation sites excluding steroid dienone is 2. The Bertz CT molecular complexity index is 147. The van der Waals surface area contributed by atoms with E-state index in [1.165, 1.54) is 0 Å². The van der Waals surface area contributed by atoms with Crippen molar-refractivity contribution in [2.45, 2.75) is 0 Å². The van der Waals surface area contributed by atoms with Crippen LogP contribution in [0.5, 0.6) is 0 Å². The Balaban J connectivity index is 2.86. The minimum absolute atomic E-state index is 1.61. The largest absolute Gasteiger partial charge is 0.182 e. The second-order valence-corrected chi connectivity index (χ2v) is 0.915. The van der Waals surface area contributed by atoms with Gasteiger partial charge in [-0.3, -0.25) is 0 Å². The molecule has 1 N–H and O–H groups in total. The predicted molar refractivity (Wildman–Crippen MR) is 27.1 cm³/mol. The number of rotatable bonds is 0. The molecular formula is C4H3N3. The van der Waals surface area contributed by atoms with E-state index in [1.807, 2.05) is 0 Å². The quantitative estimate of drug-likeness (QED) is 0.445. The molecule has 0 bridgehead atoms. The SMILES string of the molecule is C1=CC=C=NNN=1. The van der Waals surface area contributed by atoms with Crippen molar-refractivity contribution in [1.29, 1.82) is 0 Å². The predicted octanol–water partition coefficient (Wildman–Crippen LogP) is -0.129. The smallest absolute Gasteiger partial charge is 0.0109 e. The molecular weight excluding hydrogens is 90.1 g/mol. The average Bonchev–Trinajstić information content (AvgIpc) is 1.90. The third-order valence-electron chi connectivity index (χ3n) is 0.462. The molecule has 0 atom stereocenters. The van der Waals surface area contributed by atoms with E-state index in [0.29, 0.717) is 0 Å². The van der Waals surface area contributed by atoms with E-state index in [2.05, 4.69) is 27.5 Å². The molecule has 0 aromatic rings. The van der Waals surface area contributed by atoms with Crippen LogP contribution in [0.2, 0.25) is 0 Å². The Kier molecular flexibility index (Phi) is 1.10. The van der Waals surface area contributed by atoms with Gasteiger partial charge in [-0.15, -0.1) is 10.2 Å². The molecule has 0 saturated heterocycles. The van der Waals surface area contributed by atoms with Crippen molar-refractivity contribution in [2.24, 2.45) is 10.2 Å². The molecule has 0 spiro atoms. The Morgan fingerprint density at radius 3 is 2.29 bits per heavy atom. The van der Waals surface area contributed by atoms with E-state index >= 15 is 0 Å². The van der Waals surface area contributed by atoms with Crippen LogP contribution in [0.15, 0.2) is 22.4 Å². The summed E-state index contributed by atoms with van der Waals surface area (Å²) < 4.78 is 0. The normalized spacial score (nSPS) is 13.7. The highest BCUT2D eigenvalue weighted by Gasteiger charge is 1.63. The highest BCUT2D eigenvalue weighted by molar-refractivity contribution is 5.64. The average molecular weight is 93.1 g/mol. The number of nitrogens with one attached hydrogen (secondary N) is 1. The summed E-state index contributed by atoms with van der Waals surface area (Å²) in [5.74, 6) is 5.05. The van der Waals surface area contributed by atoms with Crippen molar-refractivity contribution in [3.8, 4) is 0 Å². The summed E-state index contributed by atoms with van der Waals surface area (Å²) >= 11 is 0. The van der Waals surface area contributed by atoms with Crippen LogP contribution in [0.25, 0.3) is 0 Å². The molecule has 1 rings (SSSR count). The molecule has 0 amide bonds. The Hall–Kier alpha value is -1.30. The van der Waals surface area contributed by atoms with Crippen molar-refractivity contribution in [2.75, 3.05) is 0 Å². The Morgan fingerprint density at radius 2 is 1.71 bits per heavy atom. The zero-order valence-electron chi connectivity index (χ0n) is 3.55. The van der Waals surface area contributed by atoms with Crippen molar-refractivity contribution in [3.05, 3.63) is 12.2 Å². The second-order valence-electron chi connectivity index (χ2n) is 0.915. The lowest BCUT2D eigenvalue weighted by molar-refractivity contribution is 0.824. The fraction of sp³-hybridized carbons (Fsp3) is 0. The standard InChI is InChI=1S/C4H3N3/c1-2-4-6-7-5-3-1/h1-2,7H. The first-order valence-corrected chi connectivity index (χ1v) is 1.81. The van der Waals surface area contributed by atoms with Crippen LogP contribution < -0.4 is 5.53 Å². The summed E-state index contributed by atoms with van der Waals surface area (Å²) in [5, 5.41) is 6.91. The van der Waals surface area contributed by atoms with E-state index in [0.717, 1.165) is 0 Å². The number of hydrogen-bond donors (Lipinski definition) is 1. The molecule has 0 saturated carbocycles. The zero-order valence-corrected chi connectivity index (χ0v) is 3.55. The van der Waals surface area contributed by atoms with Gasteiger partial charge in [0.1, 0.15) is 0 Å². The minimum Gasteiger partial charge on any atom is -0.182 e. The summed E-state index contributed by atoms with van der Waals surface area (Å²) in [6, 6.07) is 0. The van der Waals surface area contributed by atoms with Gasteiger partial charge in [-0.05, 0) is 0 Å². The zero-order chi connectivity index (χ0) is 4.95.